The van der Waals surface area contributed by atoms with E-state index in [-0.39, 0.29) is 5.60 Å². The van der Waals surface area contributed by atoms with Gasteiger partial charge in [-0.2, -0.15) is 11.8 Å². The van der Waals surface area contributed by atoms with Crippen molar-refractivity contribution in [2.75, 3.05) is 18.1 Å². The molecule has 0 bridgehead atoms. The van der Waals surface area contributed by atoms with Crippen LogP contribution in [0, 0.1) is 17.3 Å². The van der Waals surface area contributed by atoms with Gasteiger partial charge in [-0.15, -0.1) is 0 Å². The van der Waals surface area contributed by atoms with Crippen LogP contribution < -0.4 is 11.3 Å². The van der Waals surface area contributed by atoms with Crippen LogP contribution in [0.5, 0.6) is 0 Å². The molecule has 1 saturated carbocycles. The van der Waals surface area contributed by atoms with Crippen LogP contribution in [0.25, 0.3) is 0 Å². The van der Waals surface area contributed by atoms with Gasteiger partial charge in [-0.3, -0.25) is 11.3 Å². The van der Waals surface area contributed by atoms with Crippen molar-refractivity contribution in [3.63, 3.8) is 0 Å². The van der Waals surface area contributed by atoms with E-state index in [9.17, 15) is 0 Å². The fourth-order valence-corrected chi connectivity index (χ4v) is 6.38. The molecule has 2 aliphatic heterocycles. The van der Waals surface area contributed by atoms with Gasteiger partial charge in [-0.25, -0.2) is 0 Å². The molecule has 1 spiro atoms. The number of ether oxygens (including phenoxy) is 1. The third-order valence-corrected chi connectivity index (χ3v) is 7.55. The Bertz CT molecular complexity index is 355. The van der Waals surface area contributed by atoms with E-state index in [0.29, 0.717) is 23.3 Å². The van der Waals surface area contributed by atoms with Crippen molar-refractivity contribution in [3.05, 3.63) is 0 Å². The summed E-state index contributed by atoms with van der Waals surface area (Å²) in [7, 11) is 0. The lowest BCUT2D eigenvalue weighted by molar-refractivity contribution is -0.0942. The summed E-state index contributed by atoms with van der Waals surface area (Å²) < 4.78 is 6.20. The molecule has 4 atom stereocenters. The highest BCUT2D eigenvalue weighted by atomic mass is 32.2. The molecule has 0 aromatic heterocycles. The highest BCUT2D eigenvalue weighted by molar-refractivity contribution is 7.99. The number of hydrazine groups is 1. The molecule has 1 aliphatic carbocycles. The van der Waals surface area contributed by atoms with E-state index < -0.39 is 0 Å². The van der Waals surface area contributed by atoms with Gasteiger partial charge in [0.25, 0.3) is 0 Å². The van der Waals surface area contributed by atoms with Gasteiger partial charge in [-0.1, -0.05) is 26.7 Å². The summed E-state index contributed by atoms with van der Waals surface area (Å²) in [4.78, 5) is 0. The van der Waals surface area contributed by atoms with Crippen LogP contribution in [0.3, 0.4) is 0 Å². The number of thioether (sulfide) groups is 1. The zero-order valence-electron chi connectivity index (χ0n) is 13.7. The third-order valence-electron chi connectivity index (χ3n) is 6.32. The van der Waals surface area contributed by atoms with Gasteiger partial charge in [0.15, 0.2) is 0 Å². The number of hydrogen-bond donors (Lipinski definition) is 2. The molecule has 0 amide bonds. The largest absolute Gasteiger partial charge is 0.374 e. The fraction of sp³-hybridized carbons (Fsp3) is 1.00. The lowest BCUT2D eigenvalue weighted by atomic mass is 9.62. The van der Waals surface area contributed by atoms with Crippen LogP contribution >= 0.6 is 11.8 Å². The number of nitrogens with two attached hydrogens (primary N) is 1. The second-order valence-electron chi connectivity index (χ2n) is 8.12. The van der Waals surface area contributed by atoms with Crippen molar-refractivity contribution in [1.82, 2.24) is 5.43 Å². The highest BCUT2D eigenvalue weighted by Gasteiger charge is 2.46. The van der Waals surface area contributed by atoms with Crippen molar-refractivity contribution in [3.8, 4) is 0 Å². The molecule has 2 heterocycles. The standard InChI is InChI=1S/C17H32N2OS/c1-16(2)7-4-3-5-14(16)15(19-18)13-6-9-20-17(11-13)8-10-21-12-17/h13-15,19H,3-12,18H2,1-2H3. The van der Waals surface area contributed by atoms with Crippen molar-refractivity contribution in [2.45, 2.75) is 70.4 Å². The quantitative estimate of drug-likeness (QED) is 0.620. The Morgan fingerprint density at radius 2 is 2.10 bits per heavy atom. The lowest BCUT2D eigenvalue weighted by Crippen LogP contribution is -2.55. The molecular weight excluding hydrogens is 280 g/mol. The van der Waals surface area contributed by atoms with E-state index in [2.05, 4.69) is 31.0 Å². The zero-order valence-corrected chi connectivity index (χ0v) is 14.5. The minimum absolute atomic E-state index is 0.168. The summed E-state index contributed by atoms with van der Waals surface area (Å²) in [6, 6.07) is 0.465. The molecule has 122 valence electrons. The molecule has 3 aliphatic rings. The Hall–Kier alpha value is 0.230. The predicted octanol–water partition coefficient (Wildman–Crippen LogP) is 3.34. The Morgan fingerprint density at radius 1 is 1.24 bits per heavy atom. The maximum atomic E-state index is 6.20. The van der Waals surface area contributed by atoms with Crippen molar-refractivity contribution in [2.24, 2.45) is 23.1 Å². The van der Waals surface area contributed by atoms with Crippen molar-refractivity contribution >= 4 is 11.8 Å². The van der Waals surface area contributed by atoms with Crippen LogP contribution in [-0.4, -0.2) is 29.8 Å². The zero-order chi connectivity index (χ0) is 14.9. The smallest absolute Gasteiger partial charge is 0.0783 e. The molecule has 3 fully saturated rings. The van der Waals surface area contributed by atoms with Gasteiger partial charge in [0.05, 0.1) is 5.60 Å². The molecule has 0 radical (unpaired) electrons. The third kappa shape index (κ3) is 3.29. The Balaban J connectivity index is 1.73. The molecular formula is C17H32N2OS. The Labute approximate surface area is 134 Å². The summed E-state index contributed by atoms with van der Waals surface area (Å²) in [6.07, 6.45) is 9.06. The molecule has 3 N–H and O–H groups in total. The average Bonchev–Trinajstić information content (AvgIpc) is 2.89. The Morgan fingerprint density at radius 3 is 2.76 bits per heavy atom. The summed E-state index contributed by atoms with van der Waals surface area (Å²) >= 11 is 2.06. The topological polar surface area (TPSA) is 47.3 Å². The number of rotatable bonds is 3. The first-order valence-corrected chi connectivity index (χ1v) is 9.90. The van der Waals surface area contributed by atoms with E-state index in [4.69, 9.17) is 10.6 Å². The van der Waals surface area contributed by atoms with E-state index in [0.717, 1.165) is 6.61 Å². The SMILES string of the molecule is CC1(C)CCCCC1C(NN)C1CCOC2(CCSC2)C1. The van der Waals surface area contributed by atoms with Gasteiger partial charge in [-0.05, 0) is 55.1 Å². The maximum absolute atomic E-state index is 6.20. The first-order chi connectivity index (χ1) is 10.1. The van der Waals surface area contributed by atoms with Crippen LogP contribution in [0.2, 0.25) is 0 Å². The number of hydrogen-bond acceptors (Lipinski definition) is 4. The summed E-state index contributed by atoms with van der Waals surface area (Å²) in [5.74, 6) is 9.90. The lowest BCUT2D eigenvalue weighted by Gasteiger charge is -2.48. The summed E-state index contributed by atoms with van der Waals surface area (Å²) in [5.41, 5.74) is 3.83. The van der Waals surface area contributed by atoms with E-state index >= 15 is 0 Å². The van der Waals surface area contributed by atoms with Gasteiger partial charge in [0, 0.05) is 18.4 Å². The van der Waals surface area contributed by atoms with Gasteiger partial charge in [0.1, 0.15) is 0 Å². The van der Waals surface area contributed by atoms with Crippen LogP contribution in [0.1, 0.15) is 58.8 Å². The first-order valence-electron chi connectivity index (χ1n) is 8.74. The molecule has 2 saturated heterocycles. The fourth-order valence-electron chi connectivity index (χ4n) is 5.00. The van der Waals surface area contributed by atoms with Gasteiger partial charge < -0.3 is 4.74 Å². The maximum Gasteiger partial charge on any atom is 0.0783 e. The minimum atomic E-state index is 0.168. The molecule has 4 heteroatoms. The van der Waals surface area contributed by atoms with Crippen LogP contribution in [0.4, 0.5) is 0 Å². The highest BCUT2D eigenvalue weighted by Crippen LogP contribution is 2.47. The molecule has 0 aromatic rings. The molecule has 4 unspecified atom stereocenters. The van der Waals surface area contributed by atoms with E-state index in [1.165, 1.54) is 56.5 Å². The van der Waals surface area contributed by atoms with Crippen LogP contribution in [0.15, 0.2) is 0 Å². The van der Waals surface area contributed by atoms with Crippen molar-refractivity contribution < 1.29 is 4.74 Å². The van der Waals surface area contributed by atoms with E-state index in [1.54, 1.807) is 0 Å². The first kappa shape index (κ1) is 16.1. The monoisotopic (exact) mass is 312 g/mol. The van der Waals surface area contributed by atoms with Crippen molar-refractivity contribution in [1.29, 1.82) is 0 Å². The predicted molar refractivity (Wildman–Crippen MR) is 90.2 cm³/mol. The average molecular weight is 313 g/mol. The van der Waals surface area contributed by atoms with Gasteiger partial charge >= 0.3 is 0 Å². The Kier molecular flexibility index (Phi) is 4.90. The van der Waals surface area contributed by atoms with Gasteiger partial charge in [0.2, 0.25) is 0 Å². The minimum Gasteiger partial charge on any atom is -0.374 e. The second-order valence-corrected chi connectivity index (χ2v) is 9.23. The number of nitrogens with one attached hydrogen (secondary N) is 1. The molecule has 3 rings (SSSR count). The summed E-state index contributed by atoms with van der Waals surface area (Å²) in [5, 5.41) is 0. The normalized spacial score (nSPS) is 41.3. The second kappa shape index (κ2) is 6.38. The molecule has 3 nitrogen and oxygen atoms in total. The van der Waals surface area contributed by atoms with Crippen LogP contribution in [-0.2, 0) is 4.74 Å². The molecule has 0 aromatic carbocycles. The summed E-state index contributed by atoms with van der Waals surface area (Å²) in [6.45, 7) is 5.82. The van der Waals surface area contributed by atoms with E-state index in [1.807, 2.05) is 0 Å². The molecule has 21 heavy (non-hydrogen) atoms.